The molecule has 13 heavy (non-hydrogen) atoms. The summed E-state index contributed by atoms with van der Waals surface area (Å²) in [5.74, 6) is -0.378. The normalized spacial score (nSPS) is 12.2. The zero-order valence-corrected chi connectivity index (χ0v) is 7.57. The third-order valence-electron chi connectivity index (χ3n) is 1.74. The van der Waals surface area contributed by atoms with Gasteiger partial charge in [-0.15, -0.1) is 0 Å². The molecular weight excluding hydrogens is 166 g/mol. The Morgan fingerprint density at radius 2 is 2.08 bits per heavy atom. The van der Waals surface area contributed by atoms with Crippen LogP contribution in [0.15, 0.2) is 30.3 Å². The second kappa shape index (κ2) is 4.62. The lowest BCUT2D eigenvalue weighted by Gasteiger charge is -2.12. The maximum Gasteiger partial charge on any atom is 0.320 e. The van der Waals surface area contributed by atoms with Crippen LogP contribution in [0.5, 0.6) is 0 Å². The van der Waals surface area contributed by atoms with Crippen LogP contribution in [0.2, 0.25) is 0 Å². The molecule has 0 radical (unpaired) electrons. The standard InChI is InChI=1S/C10H13NO2/c1-8(13-10(12)7-11)9-5-3-2-4-6-9/h2-6,8H,7,11H2,1H3/t8-/m0/s1. The quantitative estimate of drug-likeness (QED) is 0.710. The first kappa shape index (κ1) is 9.74. The van der Waals surface area contributed by atoms with E-state index in [1.54, 1.807) is 0 Å². The molecule has 0 saturated carbocycles. The van der Waals surface area contributed by atoms with E-state index in [0.29, 0.717) is 0 Å². The van der Waals surface area contributed by atoms with Crippen LogP contribution in [0.25, 0.3) is 0 Å². The van der Waals surface area contributed by atoms with Gasteiger partial charge in [0.05, 0.1) is 6.54 Å². The van der Waals surface area contributed by atoms with Crippen molar-refractivity contribution in [2.45, 2.75) is 13.0 Å². The highest BCUT2D eigenvalue weighted by Crippen LogP contribution is 2.15. The molecule has 0 aliphatic heterocycles. The van der Waals surface area contributed by atoms with Gasteiger partial charge in [0.15, 0.2) is 0 Å². The SMILES string of the molecule is C[C@H](OC(=O)CN)c1ccccc1. The summed E-state index contributed by atoms with van der Waals surface area (Å²) in [6, 6.07) is 9.55. The Labute approximate surface area is 77.5 Å². The van der Waals surface area contributed by atoms with Gasteiger partial charge < -0.3 is 10.5 Å². The Balaban J connectivity index is 2.59. The van der Waals surface area contributed by atoms with E-state index in [1.165, 1.54) is 0 Å². The van der Waals surface area contributed by atoms with Gasteiger partial charge in [0.1, 0.15) is 6.10 Å². The molecule has 0 bridgehead atoms. The van der Waals surface area contributed by atoms with Gasteiger partial charge in [0.25, 0.3) is 0 Å². The highest BCUT2D eigenvalue weighted by atomic mass is 16.5. The molecule has 2 N–H and O–H groups in total. The molecule has 3 heteroatoms. The monoisotopic (exact) mass is 179 g/mol. The summed E-state index contributed by atoms with van der Waals surface area (Å²) >= 11 is 0. The van der Waals surface area contributed by atoms with Gasteiger partial charge in [-0.2, -0.15) is 0 Å². The second-order valence-electron chi connectivity index (χ2n) is 2.75. The predicted molar refractivity (Wildman–Crippen MR) is 50.0 cm³/mol. The van der Waals surface area contributed by atoms with E-state index in [2.05, 4.69) is 0 Å². The first-order valence-electron chi connectivity index (χ1n) is 4.18. The van der Waals surface area contributed by atoms with E-state index in [-0.39, 0.29) is 18.6 Å². The highest BCUT2D eigenvalue weighted by molar-refractivity contribution is 5.71. The number of benzene rings is 1. The van der Waals surface area contributed by atoms with Crippen molar-refractivity contribution in [2.24, 2.45) is 5.73 Å². The average Bonchev–Trinajstić information content (AvgIpc) is 2.19. The zero-order chi connectivity index (χ0) is 9.68. The van der Waals surface area contributed by atoms with E-state index >= 15 is 0 Å². The number of carbonyl (C=O) groups excluding carboxylic acids is 1. The summed E-state index contributed by atoms with van der Waals surface area (Å²) in [6.07, 6.45) is -0.225. The Hall–Kier alpha value is -1.35. The van der Waals surface area contributed by atoms with Crippen LogP contribution in [0.3, 0.4) is 0 Å². The molecule has 0 heterocycles. The fraction of sp³-hybridized carbons (Fsp3) is 0.300. The fourth-order valence-electron chi connectivity index (χ4n) is 1.04. The molecular formula is C10H13NO2. The minimum atomic E-state index is -0.378. The number of rotatable bonds is 3. The number of ether oxygens (including phenoxy) is 1. The topological polar surface area (TPSA) is 52.3 Å². The second-order valence-corrected chi connectivity index (χ2v) is 2.75. The van der Waals surface area contributed by atoms with Crippen molar-refractivity contribution in [1.82, 2.24) is 0 Å². The highest BCUT2D eigenvalue weighted by Gasteiger charge is 2.08. The molecule has 0 aromatic heterocycles. The Kier molecular flexibility index (Phi) is 3.46. The number of hydrogen-bond acceptors (Lipinski definition) is 3. The van der Waals surface area contributed by atoms with E-state index < -0.39 is 0 Å². The molecule has 0 spiro atoms. The van der Waals surface area contributed by atoms with Crippen molar-refractivity contribution >= 4 is 5.97 Å². The van der Waals surface area contributed by atoms with E-state index in [9.17, 15) is 4.79 Å². The molecule has 1 rings (SSSR count). The molecule has 0 aliphatic rings. The van der Waals surface area contributed by atoms with Gasteiger partial charge in [-0.3, -0.25) is 4.79 Å². The third kappa shape index (κ3) is 2.87. The van der Waals surface area contributed by atoms with E-state index in [1.807, 2.05) is 37.3 Å². The third-order valence-corrected chi connectivity index (χ3v) is 1.74. The maximum absolute atomic E-state index is 10.8. The summed E-state index contributed by atoms with van der Waals surface area (Å²) < 4.78 is 5.02. The van der Waals surface area contributed by atoms with Crippen LogP contribution in [0.4, 0.5) is 0 Å². The van der Waals surface area contributed by atoms with Gasteiger partial charge >= 0.3 is 5.97 Å². The Bertz CT molecular complexity index is 272. The number of carbonyl (C=O) groups is 1. The summed E-state index contributed by atoms with van der Waals surface area (Å²) in [5.41, 5.74) is 6.10. The molecule has 0 unspecified atom stereocenters. The summed E-state index contributed by atoms with van der Waals surface area (Å²) in [6.45, 7) is 1.75. The van der Waals surface area contributed by atoms with Gasteiger partial charge in [0.2, 0.25) is 0 Å². The van der Waals surface area contributed by atoms with Gasteiger partial charge in [-0.05, 0) is 12.5 Å². The number of nitrogens with two attached hydrogens (primary N) is 1. The molecule has 0 aliphatic carbocycles. The van der Waals surface area contributed by atoms with Crippen LogP contribution in [-0.2, 0) is 9.53 Å². The van der Waals surface area contributed by atoms with Gasteiger partial charge in [0, 0.05) is 0 Å². The minimum absolute atomic E-state index is 0.0722. The minimum Gasteiger partial charge on any atom is -0.457 e. The van der Waals surface area contributed by atoms with Crippen LogP contribution in [-0.4, -0.2) is 12.5 Å². The molecule has 0 saturated heterocycles. The number of hydrogen-bond donors (Lipinski definition) is 1. The molecule has 1 aromatic carbocycles. The van der Waals surface area contributed by atoms with Gasteiger partial charge in [-0.1, -0.05) is 30.3 Å². The lowest BCUT2D eigenvalue weighted by Crippen LogP contribution is -2.18. The largest absolute Gasteiger partial charge is 0.457 e. The van der Waals surface area contributed by atoms with Crippen molar-refractivity contribution in [3.8, 4) is 0 Å². The molecule has 1 aromatic rings. The maximum atomic E-state index is 10.8. The van der Waals surface area contributed by atoms with Crippen molar-refractivity contribution in [2.75, 3.05) is 6.54 Å². The lowest BCUT2D eigenvalue weighted by atomic mass is 10.1. The first-order chi connectivity index (χ1) is 6.24. The average molecular weight is 179 g/mol. The van der Waals surface area contributed by atoms with Crippen molar-refractivity contribution < 1.29 is 9.53 Å². The Morgan fingerprint density at radius 3 is 2.62 bits per heavy atom. The van der Waals surface area contributed by atoms with Crippen LogP contribution in [0, 0.1) is 0 Å². The first-order valence-corrected chi connectivity index (χ1v) is 4.18. The Morgan fingerprint density at radius 1 is 1.46 bits per heavy atom. The van der Waals surface area contributed by atoms with Crippen LogP contribution < -0.4 is 5.73 Å². The number of esters is 1. The molecule has 0 amide bonds. The van der Waals surface area contributed by atoms with E-state index in [0.717, 1.165) is 5.56 Å². The summed E-state index contributed by atoms with van der Waals surface area (Å²) in [7, 11) is 0. The molecule has 3 nitrogen and oxygen atoms in total. The zero-order valence-electron chi connectivity index (χ0n) is 7.57. The molecule has 0 fully saturated rings. The smallest absolute Gasteiger partial charge is 0.320 e. The summed E-state index contributed by atoms with van der Waals surface area (Å²) in [5, 5.41) is 0. The lowest BCUT2D eigenvalue weighted by molar-refractivity contribution is -0.146. The summed E-state index contributed by atoms with van der Waals surface area (Å²) in [4.78, 5) is 10.8. The predicted octanol–water partition coefficient (Wildman–Crippen LogP) is 1.25. The molecule has 70 valence electrons. The van der Waals surface area contributed by atoms with Crippen molar-refractivity contribution in [3.63, 3.8) is 0 Å². The molecule has 1 atom stereocenters. The van der Waals surface area contributed by atoms with Gasteiger partial charge in [-0.25, -0.2) is 0 Å². The van der Waals surface area contributed by atoms with Crippen LogP contribution >= 0.6 is 0 Å². The fourth-order valence-corrected chi connectivity index (χ4v) is 1.04. The van der Waals surface area contributed by atoms with Crippen molar-refractivity contribution in [3.05, 3.63) is 35.9 Å². The van der Waals surface area contributed by atoms with Crippen molar-refractivity contribution in [1.29, 1.82) is 0 Å². The van der Waals surface area contributed by atoms with E-state index in [4.69, 9.17) is 10.5 Å². The van der Waals surface area contributed by atoms with Crippen LogP contribution in [0.1, 0.15) is 18.6 Å².